The second-order valence-corrected chi connectivity index (χ2v) is 6.33. The number of esters is 1. The number of amides is 2. The van der Waals surface area contributed by atoms with Crippen LogP contribution in [0.4, 0.5) is 10.5 Å². The van der Waals surface area contributed by atoms with Crippen molar-refractivity contribution in [1.82, 2.24) is 4.73 Å². The largest absolute Gasteiger partial charge is 0.536 e. The molecule has 162 valence electrons. The molecule has 2 amide bonds. The Hall–Kier alpha value is -4.28. The van der Waals surface area contributed by atoms with Gasteiger partial charge in [0.05, 0.1) is 5.69 Å². The molecular weight excluding hydrogens is 412 g/mol. The Bertz CT molecular complexity index is 986. The molecule has 0 fully saturated rings. The van der Waals surface area contributed by atoms with Crippen LogP contribution in [0.5, 0.6) is 11.8 Å². The van der Waals surface area contributed by atoms with Gasteiger partial charge in [0.15, 0.2) is 0 Å². The lowest BCUT2D eigenvalue weighted by Gasteiger charge is -2.14. The lowest BCUT2D eigenvalue weighted by atomic mass is 10.1. The summed E-state index contributed by atoms with van der Waals surface area (Å²) in [5, 5.41) is 18.7. The van der Waals surface area contributed by atoms with Crippen LogP contribution in [-0.4, -0.2) is 45.7 Å². The van der Waals surface area contributed by atoms with E-state index >= 15 is 0 Å². The fourth-order valence-corrected chi connectivity index (χ4v) is 2.71. The van der Waals surface area contributed by atoms with E-state index in [1.807, 2.05) is 0 Å². The summed E-state index contributed by atoms with van der Waals surface area (Å²) in [5.74, 6) is -2.43. The number of aromatic hydroxyl groups is 2. The zero-order valence-corrected chi connectivity index (χ0v) is 16.1. The molecule has 2 aromatic rings. The average molecular weight is 430 g/mol. The number of benzene rings is 1. The summed E-state index contributed by atoms with van der Waals surface area (Å²) in [6, 6.07) is 9.00. The Labute approximate surface area is 175 Å². The number of aryl methyl sites for hydroxylation is 1. The number of imide groups is 1. The van der Waals surface area contributed by atoms with Crippen LogP contribution in [0, 0.1) is 0 Å². The van der Waals surface area contributed by atoms with Gasteiger partial charge in [-0.2, -0.15) is 0 Å². The van der Waals surface area contributed by atoms with E-state index in [1.54, 1.807) is 24.3 Å². The van der Waals surface area contributed by atoms with Crippen molar-refractivity contribution in [2.45, 2.75) is 19.3 Å². The Morgan fingerprint density at radius 1 is 0.871 bits per heavy atom. The molecule has 0 spiro atoms. The molecule has 11 nitrogen and oxygen atoms in total. The molecule has 0 saturated heterocycles. The van der Waals surface area contributed by atoms with Gasteiger partial charge >= 0.3 is 12.1 Å². The van der Waals surface area contributed by atoms with Crippen molar-refractivity contribution in [3.63, 3.8) is 0 Å². The summed E-state index contributed by atoms with van der Waals surface area (Å²) in [7, 11) is 0. The van der Waals surface area contributed by atoms with Crippen LogP contribution in [0.3, 0.4) is 0 Å². The van der Waals surface area contributed by atoms with Crippen molar-refractivity contribution < 1.29 is 43.7 Å². The predicted octanol–water partition coefficient (Wildman–Crippen LogP) is 1.42. The number of anilines is 1. The number of carbonyl (C=O) groups is 4. The molecule has 11 heteroatoms. The monoisotopic (exact) mass is 430 g/mol. The summed E-state index contributed by atoms with van der Waals surface area (Å²) in [5.41, 5.74) is 1.36. The van der Waals surface area contributed by atoms with Gasteiger partial charge in [-0.05, 0) is 30.5 Å². The number of hydrogen-bond acceptors (Lipinski definition) is 9. The van der Waals surface area contributed by atoms with E-state index in [1.165, 1.54) is 12.2 Å². The highest BCUT2D eigenvalue weighted by atomic mass is 16.8. The molecule has 0 atom stereocenters. The Balaban J connectivity index is 1.34. The van der Waals surface area contributed by atoms with E-state index < -0.39 is 42.5 Å². The third-order valence-electron chi connectivity index (χ3n) is 4.21. The molecule has 0 aliphatic carbocycles. The number of hydrogen-bond donors (Lipinski definition) is 2. The first-order chi connectivity index (χ1) is 14.8. The van der Waals surface area contributed by atoms with Crippen molar-refractivity contribution >= 4 is 29.6 Å². The van der Waals surface area contributed by atoms with Crippen LogP contribution in [0.25, 0.3) is 0 Å². The van der Waals surface area contributed by atoms with Gasteiger partial charge < -0.3 is 19.7 Å². The summed E-state index contributed by atoms with van der Waals surface area (Å²) < 4.78 is 9.72. The van der Waals surface area contributed by atoms with Crippen molar-refractivity contribution in [2.24, 2.45) is 0 Å². The lowest BCUT2D eigenvalue weighted by Crippen LogP contribution is -2.29. The van der Waals surface area contributed by atoms with Gasteiger partial charge in [-0.25, -0.2) is 9.69 Å². The van der Waals surface area contributed by atoms with Crippen LogP contribution >= 0.6 is 0 Å². The highest BCUT2D eigenvalue weighted by Gasteiger charge is 2.24. The van der Waals surface area contributed by atoms with E-state index in [9.17, 15) is 29.4 Å². The molecular formula is C20H18N2O9. The highest BCUT2D eigenvalue weighted by molar-refractivity contribution is 6.28. The number of ether oxygens (including phenoxy) is 2. The molecule has 0 unspecified atom stereocenters. The Kier molecular flexibility index (Phi) is 6.55. The summed E-state index contributed by atoms with van der Waals surface area (Å²) >= 11 is 0. The molecule has 0 bridgehead atoms. The minimum absolute atomic E-state index is 0.0619. The normalized spacial score (nSPS) is 12.8. The standard InChI is InChI=1S/C20H18N2O9/c23-15-8-9-16(24)21(15)14-6-4-13(5-7-14)2-1-3-19(27)29-12-30-20(28)31-22-17(25)10-11-18(22)26/h4-11,25-26H,1-3,12H2. The zero-order valence-electron chi connectivity index (χ0n) is 16.1. The number of aromatic nitrogens is 1. The number of rotatable bonds is 8. The average Bonchev–Trinajstić information content (AvgIpc) is 3.24. The Morgan fingerprint density at radius 2 is 1.48 bits per heavy atom. The molecule has 2 heterocycles. The molecule has 2 N–H and O–H groups in total. The zero-order chi connectivity index (χ0) is 22.4. The highest BCUT2D eigenvalue weighted by Crippen LogP contribution is 2.20. The van der Waals surface area contributed by atoms with E-state index in [4.69, 9.17) is 4.74 Å². The first-order valence-corrected chi connectivity index (χ1v) is 9.10. The maximum absolute atomic E-state index is 11.7. The van der Waals surface area contributed by atoms with Crippen molar-refractivity contribution in [2.75, 3.05) is 11.7 Å². The van der Waals surface area contributed by atoms with Crippen molar-refractivity contribution in [1.29, 1.82) is 0 Å². The van der Waals surface area contributed by atoms with E-state index in [2.05, 4.69) is 9.57 Å². The van der Waals surface area contributed by atoms with Crippen molar-refractivity contribution in [3.8, 4) is 11.8 Å². The molecule has 1 aliphatic rings. The van der Waals surface area contributed by atoms with E-state index in [-0.39, 0.29) is 6.42 Å². The molecule has 1 aromatic heterocycles. The van der Waals surface area contributed by atoms with E-state index in [0.717, 1.165) is 22.6 Å². The number of nitrogens with zero attached hydrogens (tertiary/aromatic N) is 2. The van der Waals surface area contributed by atoms with Crippen LogP contribution in [0.1, 0.15) is 18.4 Å². The molecule has 1 aliphatic heterocycles. The quantitative estimate of drug-likeness (QED) is 0.361. The third-order valence-corrected chi connectivity index (χ3v) is 4.21. The molecule has 0 saturated carbocycles. The van der Waals surface area contributed by atoms with Gasteiger partial charge in [0, 0.05) is 30.7 Å². The summed E-state index contributed by atoms with van der Waals surface area (Å²) in [6.45, 7) is -0.693. The van der Waals surface area contributed by atoms with Crippen LogP contribution in [-0.2, 0) is 30.3 Å². The van der Waals surface area contributed by atoms with Gasteiger partial charge in [-0.15, -0.1) is 4.73 Å². The number of carbonyl (C=O) groups excluding carboxylic acids is 4. The van der Waals surface area contributed by atoms with Gasteiger partial charge in [0.2, 0.25) is 18.6 Å². The van der Waals surface area contributed by atoms with Gasteiger partial charge in [0.1, 0.15) is 0 Å². The molecule has 3 rings (SSSR count). The van der Waals surface area contributed by atoms with Crippen molar-refractivity contribution in [3.05, 3.63) is 54.1 Å². The smallest absolute Gasteiger partial charge is 0.492 e. The topological polar surface area (TPSA) is 145 Å². The molecule has 31 heavy (non-hydrogen) atoms. The van der Waals surface area contributed by atoms with Gasteiger partial charge in [0.25, 0.3) is 11.8 Å². The van der Waals surface area contributed by atoms with Crippen LogP contribution in [0.2, 0.25) is 0 Å². The summed E-state index contributed by atoms with van der Waals surface area (Å²) in [4.78, 5) is 52.0. The maximum Gasteiger partial charge on any atom is 0.536 e. The maximum atomic E-state index is 11.7. The Morgan fingerprint density at radius 3 is 2.10 bits per heavy atom. The van der Waals surface area contributed by atoms with E-state index in [0.29, 0.717) is 23.3 Å². The second kappa shape index (κ2) is 9.48. The van der Waals surface area contributed by atoms with Gasteiger partial charge in [-0.1, -0.05) is 12.1 Å². The first-order valence-electron chi connectivity index (χ1n) is 9.10. The minimum atomic E-state index is -1.29. The minimum Gasteiger partial charge on any atom is -0.492 e. The second-order valence-electron chi connectivity index (χ2n) is 6.33. The molecule has 0 radical (unpaired) electrons. The lowest BCUT2D eigenvalue weighted by molar-refractivity contribution is -0.153. The van der Waals surface area contributed by atoms with Crippen LogP contribution < -0.4 is 9.74 Å². The fraction of sp³-hybridized carbons (Fsp3) is 0.200. The summed E-state index contributed by atoms with van der Waals surface area (Å²) in [6.07, 6.45) is 2.19. The first kappa shape index (κ1) is 21.4. The fourth-order valence-electron chi connectivity index (χ4n) is 2.71. The van der Waals surface area contributed by atoms with Crippen LogP contribution in [0.15, 0.2) is 48.6 Å². The third kappa shape index (κ3) is 5.41. The van der Waals surface area contributed by atoms with Gasteiger partial charge in [-0.3, -0.25) is 19.2 Å². The molecule has 1 aromatic carbocycles. The predicted molar refractivity (Wildman–Crippen MR) is 103 cm³/mol. The SMILES string of the molecule is O=C(CCCc1ccc(N2C(=O)C=CC2=O)cc1)OCOC(=O)On1c(O)ccc1O.